The van der Waals surface area contributed by atoms with Gasteiger partial charge in [-0.2, -0.15) is 0 Å². The quantitative estimate of drug-likeness (QED) is 0.841. The molecule has 0 unspecified atom stereocenters. The van der Waals surface area contributed by atoms with Gasteiger partial charge in [0.05, 0.1) is 0 Å². The Hall–Kier alpha value is -1.94. The van der Waals surface area contributed by atoms with Crippen molar-refractivity contribution in [3.05, 3.63) is 64.1 Å². The summed E-state index contributed by atoms with van der Waals surface area (Å²) in [7, 11) is 0. The van der Waals surface area contributed by atoms with Crippen LogP contribution >= 0.6 is 15.9 Å². The van der Waals surface area contributed by atoms with Gasteiger partial charge in [-0.1, -0.05) is 22.0 Å². The van der Waals surface area contributed by atoms with Gasteiger partial charge in [0.1, 0.15) is 0 Å². The molecule has 0 radical (unpaired) electrons. The SMILES string of the molecule is O=C(Nc1ccc(C(=O)C2CC2)cc1)c1cccc(Br)c1. The van der Waals surface area contributed by atoms with Gasteiger partial charge in [-0.3, -0.25) is 9.59 Å². The lowest BCUT2D eigenvalue weighted by molar-refractivity contribution is 0.0967. The molecular formula is C17H14BrNO2. The van der Waals surface area contributed by atoms with Crippen LogP contribution in [-0.2, 0) is 0 Å². The van der Waals surface area contributed by atoms with Crippen LogP contribution < -0.4 is 5.32 Å². The maximum Gasteiger partial charge on any atom is 0.255 e. The molecule has 1 fully saturated rings. The summed E-state index contributed by atoms with van der Waals surface area (Å²) >= 11 is 3.34. The van der Waals surface area contributed by atoms with Gasteiger partial charge in [-0.25, -0.2) is 0 Å². The second-order valence-electron chi connectivity index (χ2n) is 5.18. The van der Waals surface area contributed by atoms with E-state index in [9.17, 15) is 9.59 Å². The summed E-state index contributed by atoms with van der Waals surface area (Å²) in [4.78, 5) is 24.0. The number of benzene rings is 2. The van der Waals surface area contributed by atoms with Gasteiger partial charge in [-0.15, -0.1) is 0 Å². The average Bonchev–Trinajstić information content (AvgIpc) is 3.32. The van der Waals surface area contributed by atoms with Crippen molar-refractivity contribution in [2.24, 2.45) is 5.92 Å². The number of nitrogens with one attached hydrogen (secondary N) is 1. The Morgan fingerprint density at radius 1 is 1.00 bits per heavy atom. The molecule has 106 valence electrons. The van der Waals surface area contributed by atoms with E-state index in [-0.39, 0.29) is 17.6 Å². The molecule has 3 nitrogen and oxygen atoms in total. The van der Waals surface area contributed by atoms with Crippen molar-refractivity contribution in [2.45, 2.75) is 12.8 Å². The Morgan fingerprint density at radius 2 is 1.71 bits per heavy atom. The van der Waals surface area contributed by atoms with E-state index in [0.29, 0.717) is 11.3 Å². The average molecular weight is 344 g/mol. The van der Waals surface area contributed by atoms with Crippen LogP contribution in [0.3, 0.4) is 0 Å². The summed E-state index contributed by atoms with van der Waals surface area (Å²) < 4.78 is 0.862. The summed E-state index contributed by atoms with van der Waals surface area (Å²) in [6.07, 6.45) is 2.00. The number of anilines is 1. The fraction of sp³-hybridized carbons (Fsp3) is 0.176. The molecule has 1 N–H and O–H groups in total. The van der Waals surface area contributed by atoms with Crippen LogP contribution in [0.2, 0.25) is 0 Å². The molecule has 21 heavy (non-hydrogen) atoms. The Balaban J connectivity index is 1.70. The first kappa shape index (κ1) is 14.0. The third kappa shape index (κ3) is 3.39. The van der Waals surface area contributed by atoms with E-state index in [2.05, 4.69) is 21.2 Å². The molecule has 0 heterocycles. The van der Waals surface area contributed by atoms with E-state index in [1.54, 1.807) is 36.4 Å². The van der Waals surface area contributed by atoms with E-state index >= 15 is 0 Å². The van der Waals surface area contributed by atoms with Gasteiger partial charge in [0.25, 0.3) is 5.91 Å². The normalized spacial score (nSPS) is 13.8. The number of halogens is 1. The summed E-state index contributed by atoms with van der Waals surface area (Å²) in [6, 6.07) is 14.3. The Morgan fingerprint density at radius 3 is 2.33 bits per heavy atom. The lowest BCUT2D eigenvalue weighted by Crippen LogP contribution is -2.12. The predicted octanol–water partition coefficient (Wildman–Crippen LogP) is 4.29. The zero-order chi connectivity index (χ0) is 14.8. The molecule has 0 spiro atoms. The summed E-state index contributed by atoms with van der Waals surface area (Å²) in [5.74, 6) is 0.254. The number of hydrogen-bond donors (Lipinski definition) is 1. The molecule has 0 saturated heterocycles. The highest BCUT2D eigenvalue weighted by Crippen LogP contribution is 2.32. The number of carbonyl (C=O) groups is 2. The highest BCUT2D eigenvalue weighted by Gasteiger charge is 2.30. The molecule has 4 heteroatoms. The maximum absolute atomic E-state index is 12.1. The highest BCUT2D eigenvalue weighted by atomic mass is 79.9. The van der Waals surface area contributed by atoms with E-state index in [1.807, 2.05) is 12.1 Å². The Bertz CT molecular complexity index is 690. The number of Topliss-reactive ketones (excluding diaryl/α,β-unsaturated/α-hetero) is 1. The molecule has 3 rings (SSSR count). The van der Waals surface area contributed by atoms with Crippen LogP contribution in [-0.4, -0.2) is 11.7 Å². The molecule has 2 aromatic rings. The lowest BCUT2D eigenvalue weighted by Gasteiger charge is -2.06. The molecule has 2 aromatic carbocycles. The summed E-state index contributed by atoms with van der Waals surface area (Å²) in [5, 5.41) is 2.83. The van der Waals surface area contributed by atoms with Gasteiger partial charge < -0.3 is 5.32 Å². The first-order chi connectivity index (χ1) is 10.1. The fourth-order valence-electron chi connectivity index (χ4n) is 2.13. The van der Waals surface area contributed by atoms with Crippen LogP contribution in [0.5, 0.6) is 0 Å². The Kier molecular flexibility index (Phi) is 3.88. The number of ketones is 1. The van der Waals surface area contributed by atoms with Crippen molar-refractivity contribution < 1.29 is 9.59 Å². The minimum Gasteiger partial charge on any atom is -0.322 e. The third-order valence-electron chi connectivity index (χ3n) is 3.46. The van der Waals surface area contributed by atoms with Crippen molar-refractivity contribution in [3.63, 3.8) is 0 Å². The highest BCUT2D eigenvalue weighted by molar-refractivity contribution is 9.10. The Labute approximate surface area is 131 Å². The predicted molar refractivity (Wildman–Crippen MR) is 85.6 cm³/mol. The number of rotatable bonds is 4. The number of carbonyl (C=O) groups excluding carboxylic acids is 2. The molecule has 0 aromatic heterocycles. The zero-order valence-corrected chi connectivity index (χ0v) is 12.9. The minimum absolute atomic E-state index is 0.169. The van der Waals surface area contributed by atoms with Crippen LogP contribution in [0, 0.1) is 5.92 Å². The first-order valence-corrected chi connectivity index (χ1v) is 7.64. The molecule has 0 aliphatic heterocycles. The van der Waals surface area contributed by atoms with Crippen LogP contribution in [0.25, 0.3) is 0 Å². The van der Waals surface area contributed by atoms with Gasteiger partial charge in [0, 0.05) is 27.2 Å². The van der Waals surface area contributed by atoms with E-state index < -0.39 is 0 Å². The van der Waals surface area contributed by atoms with Gasteiger partial charge >= 0.3 is 0 Å². The second-order valence-corrected chi connectivity index (χ2v) is 6.10. The first-order valence-electron chi connectivity index (χ1n) is 6.85. The fourth-order valence-corrected chi connectivity index (χ4v) is 2.53. The van der Waals surface area contributed by atoms with Crippen molar-refractivity contribution >= 4 is 33.3 Å². The molecule has 0 bridgehead atoms. The number of hydrogen-bond acceptors (Lipinski definition) is 2. The summed E-state index contributed by atoms with van der Waals surface area (Å²) in [5.41, 5.74) is 1.99. The van der Waals surface area contributed by atoms with Crippen LogP contribution in [0.4, 0.5) is 5.69 Å². The van der Waals surface area contributed by atoms with Crippen molar-refractivity contribution in [1.82, 2.24) is 0 Å². The molecule has 1 aliphatic rings. The maximum atomic E-state index is 12.1. The van der Waals surface area contributed by atoms with Crippen molar-refractivity contribution in [2.75, 3.05) is 5.32 Å². The van der Waals surface area contributed by atoms with Crippen LogP contribution in [0.15, 0.2) is 53.0 Å². The standard InChI is InChI=1S/C17H14BrNO2/c18-14-3-1-2-13(10-14)17(21)19-15-8-6-12(7-9-15)16(20)11-4-5-11/h1-3,6-11H,4-5H2,(H,19,21). The molecule has 0 atom stereocenters. The van der Waals surface area contributed by atoms with Gasteiger partial charge in [0.2, 0.25) is 0 Å². The lowest BCUT2D eigenvalue weighted by atomic mass is 10.1. The topological polar surface area (TPSA) is 46.2 Å². The van der Waals surface area contributed by atoms with Gasteiger partial charge in [0.15, 0.2) is 5.78 Å². The smallest absolute Gasteiger partial charge is 0.255 e. The van der Waals surface area contributed by atoms with E-state index in [1.165, 1.54) is 0 Å². The van der Waals surface area contributed by atoms with Gasteiger partial charge in [-0.05, 0) is 55.3 Å². The largest absolute Gasteiger partial charge is 0.322 e. The minimum atomic E-state index is -0.169. The molecule has 1 amide bonds. The van der Waals surface area contributed by atoms with E-state index in [0.717, 1.165) is 22.9 Å². The number of amides is 1. The molecular weight excluding hydrogens is 330 g/mol. The van der Waals surface area contributed by atoms with Crippen molar-refractivity contribution in [1.29, 1.82) is 0 Å². The molecule has 1 aliphatic carbocycles. The third-order valence-corrected chi connectivity index (χ3v) is 3.96. The second kappa shape index (κ2) is 5.82. The monoisotopic (exact) mass is 343 g/mol. The van der Waals surface area contributed by atoms with Crippen molar-refractivity contribution in [3.8, 4) is 0 Å². The van der Waals surface area contributed by atoms with E-state index in [4.69, 9.17) is 0 Å². The molecule has 1 saturated carbocycles. The zero-order valence-electron chi connectivity index (χ0n) is 11.3. The van der Waals surface area contributed by atoms with Crippen LogP contribution in [0.1, 0.15) is 33.6 Å². The summed E-state index contributed by atoms with van der Waals surface area (Å²) in [6.45, 7) is 0.